The first-order valence-electron chi connectivity index (χ1n) is 3.93. The van der Waals surface area contributed by atoms with Gasteiger partial charge in [0.25, 0.3) is 0 Å². The number of nitrogens with one attached hydrogen (secondary N) is 1. The Bertz CT molecular complexity index is 256. The highest BCUT2D eigenvalue weighted by molar-refractivity contribution is 5.28. The van der Waals surface area contributed by atoms with Gasteiger partial charge in [-0.05, 0) is 24.6 Å². The molecule has 0 aliphatic heterocycles. The first kappa shape index (κ1) is 9.77. The number of hydrogen-bond donors (Lipinski definition) is 1. The monoisotopic (exact) mass is 187 g/mol. The molecule has 13 heavy (non-hydrogen) atoms. The van der Waals surface area contributed by atoms with Gasteiger partial charge in [-0.3, -0.25) is 0 Å². The van der Waals surface area contributed by atoms with Crippen LogP contribution in [0.3, 0.4) is 0 Å². The van der Waals surface area contributed by atoms with E-state index in [1.54, 1.807) is 19.2 Å². The smallest absolute Gasteiger partial charge is 0.387 e. The number of halogens is 2. The fraction of sp³-hybridized carbons (Fsp3) is 0.333. The first-order valence-corrected chi connectivity index (χ1v) is 3.93. The zero-order chi connectivity index (χ0) is 9.68. The molecule has 0 saturated carbocycles. The van der Waals surface area contributed by atoms with Gasteiger partial charge < -0.3 is 10.1 Å². The quantitative estimate of drug-likeness (QED) is 0.731. The first-order chi connectivity index (χ1) is 6.22. The Balaban J connectivity index is 2.58. The molecule has 0 saturated heterocycles. The van der Waals surface area contributed by atoms with Crippen molar-refractivity contribution in [3.8, 4) is 0 Å². The third kappa shape index (κ3) is 3.27. The van der Waals surface area contributed by atoms with Crippen LogP contribution in [0.2, 0.25) is 0 Å². The van der Waals surface area contributed by atoms with E-state index in [9.17, 15) is 8.78 Å². The van der Waals surface area contributed by atoms with E-state index in [0.29, 0.717) is 6.42 Å². The number of rotatable bonds is 3. The highest BCUT2D eigenvalue weighted by Gasteiger charge is 2.05. The van der Waals surface area contributed by atoms with E-state index in [-0.39, 0.29) is 5.76 Å². The van der Waals surface area contributed by atoms with Gasteiger partial charge in [0.2, 0.25) is 0 Å². The maximum Gasteiger partial charge on any atom is 0.387 e. The predicted molar refractivity (Wildman–Crippen MR) is 46.1 cm³/mol. The summed E-state index contributed by atoms with van der Waals surface area (Å²) >= 11 is 0. The number of alkyl halides is 2. The average molecular weight is 187 g/mol. The zero-order valence-corrected chi connectivity index (χ0v) is 7.26. The Kier molecular flexibility index (Phi) is 3.49. The maximum absolute atomic E-state index is 11.8. The van der Waals surface area contributed by atoms with Gasteiger partial charge in [-0.2, -0.15) is 8.78 Å². The standard InChI is InChI=1S/C9H11F2NO/c1-12-7-3-2-4-8(6-5-7)13-9(10)11/h3-6,9,12H,2H2,1H3. The molecular formula is C9H11F2NO. The molecular weight excluding hydrogens is 176 g/mol. The SMILES string of the molecule is CNC1=CCC=C(OC(F)F)C=C1. The fourth-order valence-electron chi connectivity index (χ4n) is 0.986. The summed E-state index contributed by atoms with van der Waals surface area (Å²) in [6.45, 7) is -2.76. The van der Waals surface area contributed by atoms with E-state index in [2.05, 4.69) is 10.1 Å². The second kappa shape index (κ2) is 4.64. The van der Waals surface area contributed by atoms with Crippen molar-refractivity contribution in [1.82, 2.24) is 5.32 Å². The molecule has 72 valence electrons. The molecule has 0 unspecified atom stereocenters. The molecule has 2 nitrogen and oxygen atoms in total. The molecule has 0 aromatic heterocycles. The summed E-state index contributed by atoms with van der Waals surface area (Å²) in [6.07, 6.45) is 7.29. The molecule has 0 bridgehead atoms. The van der Waals surface area contributed by atoms with Gasteiger partial charge in [0.1, 0.15) is 5.76 Å². The van der Waals surface area contributed by atoms with Crippen LogP contribution >= 0.6 is 0 Å². The van der Waals surface area contributed by atoms with Gasteiger partial charge in [0, 0.05) is 12.7 Å². The van der Waals surface area contributed by atoms with Crippen LogP contribution in [0, 0.1) is 0 Å². The summed E-state index contributed by atoms with van der Waals surface area (Å²) in [5.41, 5.74) is 0.893. The summed E-state index contributed by atoms with van der Waals surface area (Å²) in [7, 11) is 1.77. The summed E-state index contributed by atoms with van der Waals surface area (Å²) < 4.78 is 27.8. The summed E-state index contributed by atoms with van der Waals surface area (Å²) in [5.74, 6) is 0.205. The van der Waals surface area contributed by atoms with Crippen molar-refractivity contribution in [2.24, 2.45) is 0 Å². The van der Waals surface area contributed by atoms with Crippen LogP contribution in [-0.2, 0) is 4.74 Å². The normalized spacial score (nSPS) is 16.3. The number of allylic oxidation sites excluding steroid dienone is 4. The Morgan fingerprint density at radius 1 is 1.38 bits per heavy atom. The van der Waals surface area contributed by atoms with E-state index >= 15 is 0 Å². The van der Waals surface area contributed by atoms with Crippen LogP contribution in [0.5, 0.6) is 0 Å². The lowest BCUT2D eigenvalue weighted by molar-refractivity contribution is -0.0922. The lowest BCUT2D eigenvalue weighted by Gasteiger charge is -2.03. The van der Waals surface area contributed by atoms with E-state index in [4.69, 9.17) is 0 Å². The maximum atomic E-state index is 11.8. The van der Waals surface area contributed by atoms with Crippen LogP contribution in [0.1, 0.15) is 6.42 Å². The van der Waals surface area contributed by atoms with Gasteiger partial charge >= 0.3 is 6.61 Å². The third-order valence-corrected chi connectivity index (χ3v) is 1.60. The van der Waals surface area contributed by atoms with Crippen molar-refractivity contribution in [2.45, 2.75) is 13.0 Å². The minimum atomic E-state index is -2.76. The van der Waals surface area contributed by atoms with Gasteiger partial charge in [0.05, 0.1) is 0 Å². The van der Waals surface area contributed by atoms with Crippen molar-refractivity contribution >= 4 is 0 Å². The minimum Gasteiger partial charge on any atom is -0.435 e. The van der Waals surface area contributed by atoms with Gasteiger partial charge in [0.15, 0.2) is 0 Å². The Labute approximate surface area is 75.6 Å². The topological polar surface area (TPSA) is 21.3 Å². The molecule has 1 aliphatic rings. The van der Waals surface area contributed by atoms with Crippen LogP contribution in [0.25, 0.3) is 0 Å². The lowest BCUT2D eigenvalue weighted by Crippen LogP contribution is -2.02. The summed E-state index contributed by atoms with van der Waals surface area (Å²) in [6, 6.07) is 0. The van der Waals surface area contributed by atoms with E-state index in [1.807, 2.05) is 6.08 Å². The number of hydrogen-bond acceptors (Lipinski definition) is 2. The number of likely N-dealkylation sites (N-methyl/N-ethyl adjacent to an activating group) is 1. The molecule has 0 aromatic rings. The molecule has 0 fully saturated rings. The van der Waals surface area contributed by atoms with E-state index < -0.39 is 6.61 Å². The van der Waals surface area contributed by atoms with Crippen LogP contribution in [-0.4, -0.2) is 13.7 Å². The van der Waals surface area contributed by atoms with Crippen molar-refractivity contribution in [3.05, 3.63) is 35.8 Å². The highest BCUT2D eigenvalue weighted by atomic mass is 19.3. The lowest BCUT2D eigenvalue weighted by atomic mass is 10.3. The summed E-state index contributed by atoms with van der Waals surface area (Å²) in [4.78, 5) is 0. The molecule has 4 heteroatoms. The van der Waals surface area contributed by atoms with Crippen molar-refractivity contribution in [3.63, 3.8) is 0 Å². The zero-order valence-electron chi connectivity index (χ0n) is 7.26. The van der Waals surface area contributed by atoms with Crippen molar-refractivity contribution < 1.29 is 13.5 Å². The van der Waals surface area contributed by atoms with E-state index in [1.165, 1.54) is 6.08 Å². The average Bonchev–Trinajstić information content (AvgIpc) is 2.29. The molecule has 1 rings (SSSR count). The van der Waals surface area contributed by atoms with Gasteiger partial charge in [-0.15, -0.1) is 0 Å². The molecule has 0 spiro atoms. The molecule has 0 atom stereocenters. The Morgan fingerprint density at radius 3 is 2.77 bits per heavy atom. The fourth-order valence-corrected chi connectivity index (χ4v) is 0.986. The van der Waals surface area contributed by atoms with Crippen LogP contribution in [0.4, 0.5) is 8.78 Å². The second-order valence-corrected chi connectivity index (χ2v) is 2.46. The van der Waals surface area contributed by atoms with Gasteiger partial charge in [-0.25, -0.2) is 0 Å². The van der Waals surface area contributed by atoms with Gasteiger partial charge in [-0.1, -0.05) is 6.08 Å². The molecule has 0 aromatic carbocycles. The largest absolute Gasteiger partial charge is 0.435 e. The molecule has 1 N–H and O–H groups in total. The minimum absolute atomic E-state index is 0.205. The Morgan fingerprint density at radius 2 is 2.15 bits per heavy atom. The highest BCUT2D eigenvalue weighted by Crippen LogP contribution is 2.12. The molecule has 0 radical (unpaired) electrons. The molecule has 0 amide bonds. The second-order valence-electron chi connectivity index (χ2n) is 2.46. The predicted octanol–water partition coefficient (Wildman–Crippen LogP) is 2.17. The van der Waals surface area contributed by atoms with Crippen LogP contribution in [0.15, 0.2) is 35.8 Å². The van der Waals surface area contributed by atoms with Crippen molar-refractivity contribution in [1.29, 1.82) is 0 Å². The summed E-state index contributed by atoms with van der Waals surface area (Å²) in [5, 5.41) is 2.92. The third-order valence-electron chi connectivity index (χ3n) is 1.60. The Hall–Kier alpha value is -1.32. The van der Waals surface area contributed by atoms with Crippen molar-refractivity contribution in [2.75, 3.05) is 7.05 Å². The molecule has 1 aliphatic carbocycles. The van der Waals surface area contributed by atoms with Crippen LogP contribution < -0.4 is 5.32 Å². The van der Waals surface area contributed by atoms with E-state index in [0.717, 1.165) is 5.70 Å². The number of ether oxygens (including phenoxy) is 1. The molecule has 0 heterocycles.